The summed E-state index contributed by atoms with van der Waals surface area (Å²) in [5.74, 6) is -0.809. The van der Waals surface area contributed by atoms with Crippen LogP contribution >= 0.6 is 0 Å². The molecule has 0 saturated carbocycles. The van der Waals surface area contributed by atoms with Crippen LogP contribution in [-0.2, 0) is 28.5 Å². The molecule has 4 N–H and O–H groups in total. The Kier molecular flexibility index (Phi) is 32.6. The molecule has 0 bridgehead atoms. The lowest BCUT2D eigenvalue weighted by Gasteiger charge is -2.39. The van der Waals surface area contributed by atoms with Crippen molar-refractivity contribution in [2.45, 2.75) is 230 Å². The lowest BCUT2D eigenvalue weighted by Crippen LogP contribution is -2.59. The van der Waals surface area contributed by atoms with Crippen molar-refractivity contribution < 1.29 is 49.0 Å². The average Bonchev–Trinajstić information content (AvgIpc) is 3.15. The quantitative estimate of drug-likeness (QED) is 0.0277. The largest absolute Gasteiger partial charge is 0.462 e. The summed E-state index contributed by atoms with van der Waals surface area (Å²) in [4.78, 5) is 25.3. The summed E-state index contributed by atoms with van der Waals surface area (Å²) in [6.07, 6.45) is 27.9. The highest BCUT2D eigenvalue weighted by Gasteiger charge is 2.44. The van der Waals surface area contributed by atoms with E-state index in [0.717, 1.165) is 57.8 Å². The fourth-order valence-electron chi connectivity index (χ4n) is 6.65. The van der Waals surface area contributed by atoms with Gasteiger partial charge in [0.05, 0.1) is 13.2 Å². The zero-order chi connectivity index (χ0) is 38.8. The molecular formula is C43H80O10. The second-order valence-electron chi connectivity index (χ2n) is 15.2. The Labute approximate surface area is 322 Å². The first-order valence-electron chi connectivity index (χ1n) is 21.8. The Balaban J connectivity index is 2.34. The molecule has 1 fully saturated rings. The van der Waals surface area contributed by atoms with Crippen LogP contribution in [0.3, 0.4) is 0 Å². The van der Waals surface area contributed by atoms with Crippen LogP contribution < -0.4 is 0 Å². The minimum Gasteiger partial charge on any atom is -0.462 e. The number of carbonyl (C=O) groups excluding carboxylic acids is 2. The molecule has 2 unspecified atom stereocenters. The fourth-order valence-corrected chi connectivity index (χ4v) is 6.65. The molecule has 10 heteroatoms. The molecule has 1 heterocycles. The summed E-state index contributed by atoms with van der Waals surface area (Å²) in [6.45, 7) is 3.41. The van der Waals surface area contributed by atoms with Gasteiger partial charge in [-0.3, -0.25) is 9.59 Å². The highest BCUT2D eigenvalue weighted by atomic mass is 16.7. The van der Waals surface area contributed by atoms with Crippen LogP contribution in [0.2, 0.25) is 0 Å². The normalized spacial score (nSPS) is 20.9. The van der Waals surface area contributed by atoms with Crippen molar-refractivity contribution in [3.05, 3.63) is 12.2 Å². The number of aliphatic hydroxyl groups is 4. The predicted octanol–water partition coefficient (Wildman–Crippen LogP) is 8.78. The molecule has 0 amide bonds. The maximum Gasteiger partial charge on any atom is 0.306 e. The minimum atomic E-state index is -1.59. The number of carbonyl (C=O) groups is 2. The zero-order valence-electron chi connectivity index (χ0n) is 33.8. The number of unbranched alkanes of at least 4 members (excludes halogenated alkanes) is 23. The van der Waals surface area contributed by atoms with Crippen LogP contribution in [0.4, 0.5) is 0 Å². The fraction of sp³-hybridized carbons (Fsp3) is 0.907. The first-order valence-corrected chi connectivity index (χ1v) is 21.8. The van der Waals surface area contributed by atoms with Gasteiger partial charge in [0.15, 0.2) is 12.4 Å². The van der Waals surface area contributed by atoms with Crippen molar-refractivity contribution in [3.63, 3.8) is 0 Å². The van der Waals surface area contributed by atoms with E-state index in [9.17, 15) is 30.0 Å². The van der Waals surface area contributed by atoms with E-state index < -0.39 is 49.4 Å². The van der Waals surface area contributed by atoms with Gasteiger partial charge in [-0.15, -0.1) is 0 Å². The zero-order valence-corrected chi connectivity index (χ0v) is 33.8. The summed E-state index contributed by atoms with van der Waals surface area (Å²) >= 11 is 0. The van der Waals surface area contributed by atoms with E-state index in [1.807, 2.05) is 0 Å². The summed E-state index contributed by atoms with van der Waals surface area (Å²) in [7, 11) is 0. The minimum absolute atomic E-state index is 0.217. The van der Waals surface area contributed by atoms with E-state index in [4.69, 9.17) is 18.9 Å². The van der Waals surface area contributed by atoms with E-state index in [1.165, 1.54) is 103 Å². The van der Waals surface area contributed by atoms with Crippen molar-refractivity contribution in [2.75, 3.05) is 19.8 Å². The Bertz CT molecular complexity index is 881. The number of hydrogen-bond donors (Lipinski definition) is 4. The Morgan fingerprint density at radius 2 is 1.00 bits per heavy atom. The third-order valence-corrected chi connectivity index (χ3v) is 10.2. The molecule has 0 spiro atoms. The van der Waals surface area contributed by atoms with E-state index in [2.05, 4.69) is 26.0 Å². The third kappa shape index (κ3) is 26.8. The molecule has 1 rings (SSSR count). The highest BCUT2D eigenvalue weighted by molar-refractivity contribution is 5.70. The Morgan fingerprint density at radius 1 is 0.566 bits per heavy atom. The molecule has 1 aliphatic heterocycles. The summed E-state index contributed by atoms with van der Waals surface area (Å²) < 4.78 is 22.1. The maximum absolute atomic E-state index is 12.7. The summed E-state index contributed by atoms with van der Waals surface area (Å²) in [6, 6.07) is 0. The Hall–Kier alpha value is -1.56. The second-order valence-corrected chi connectivity index (χ2v) is 15.2. The molecule has 6 atom stereocenters. The van der Waals surface area contributed by atoms with Crippen molar-refractivity contribution in [1.29, 1.82) is 0 Å². The first-order chi connectivity index (χ1) is 25.8. The molecule has 0 aromatic carbocycles. The Morgan fingerprint density at radius 3 is 1.47 bits per heavy atom. The van der Waals surface area contributed by atoms with Gasteiger partial charge in [-0.2, -0.15) is 0 Å². The highest BCUT2D eigenvalue weighted by Crippen LogP contribution is 2.23. The molecule has 0 aliphatic carbocycles. The van der Waals surface area contributed by atoms with Gasteiger partial charge in [0.25, 0.3) is 0 Å². The number of allylic oxidation sites excluding steroid dienone is 2. The van der Waals surface area contributed by atoms with Crippen LogP contribution in [0.1, 0.15) is 194 Å². The predicted molar refractivity (Wildman–Crippen MR) is 210 cm³/mol. The average molecular weight is 757 g/mol. The van der Waals surface area contributed by atoms with Crippen molar-refractivity contribution in [1.82, 2.24) is 0 Å². The molecule has 1 aliphatic rings. The standard InChI is InChI=1S/C43H80O10/c1-3-5-7-9-11-13-15-17-18-20-21-23-25-27-29-31-38(45)50-34-36(35-51-43-42(49)41(48)40(47)37(33-44)53-43)52-39(46)32-30-28-26-24-22-19-16-14-12-10-8-6-4-2/h17-18,36-37,40-44,47-49H,3-16,19-35H2,1-2H3/t36?,37-,40+,41+,42-,43?/m1/s1. The van der Waals surface area contributed by atoms with Gasteiger partial charge in [0.2, 0.25) is 0 Å². The van der Waals surface area contributed by atoms with Gasteiger partial charge in [-0.1, -0.05) is 154 Å². The van der Waals surface area contributed by atoms with Gasteiger partial charge >= 0.3 is 11.9 Å². The summed E-state index contributed by atoms with van der Waals surface area (Å²) in [5.41, 5.74) is 0. The van der Waals surface area contributed by atoms with Crippen molar-refractivity contribution >= 4 is 11.9 Å². The number of hydrogen-bond acceptors (Lipinski definition) is 10. The van der Waals surface area contributed by atoms with Crippen LogP contribution in [0.5, 0.6) is 0 Å². The number of ether oxygens (including phenoxy) is 4. The van der Waals surface area contributed by atoms with Gasteiger partial charge in [0.1, 0.15) is 31.0 Å². The van der Waals surface area contributed by atoms with E-state index in [1.54, 1.807) is 0 Å². The van der Waals surface area contributed by atoms with E-state index in [-0.39, 0.29) is 32.0 Å². The molecule has 0 aromatic heterocycles. The van der Waals surface area contributed by atoms with Crippen LogP contribution in [0, 0.1) is 0 Å². The van der Waals surface area contributed by atoms with Gasteiger partial charge in [0, 0.05) is 12.8 Å². The second kappa shape index (κ2) is 34.9. The van der Waals surface area contributed by atoms with Gasteiger partial charge in [-0.25, -0.2) is 0 Å². The lowest BCUT2D eigenvalue weighted by atomic mass is 9.99. The number of aliphatic hydroxyl groups excluding tert-OH is 4. The molecule has 0 radical (unpaired) electrons. The molecule has 53 heavy (non-hydrogen) atoms. The van der Waals surface area contributed by atoms with Crippen molar-refractivity contribution in [3.8, 4) is 0 Å². The number of esters is 2. The maximum atomic E-state index is 12.7. The van der Waals surface area contributed by atoms with Crippen LogP contribution in [-0.4, -0.2) is 89.0 Å². The molecular weight excluding hydrogens is 676 g/mol. The number of rotatable bonds is 36. The molecule has 1 saturated heterocycles. The van der Waals surface area contributed by atoms with E-state index >= 15 is 0 Å². The lowest BCUT2D eigenvalue weighted by molar-refractivity contribution is -0.305. The first kappa shape index (κ1) is 49.5. The van der Waals surface area contributed by atoms with Crippen molar-refractivity contribution in [2.24, 2.45) is 0 Å². The topological polar surface area (TPSA) is 152 Å². The molecule has 10 nitrogen and oxygen atoms in total. The SMILES string of the molecule is CCCCCCCCC=CCCCCCCCC(=O)OCC(COC1O[C@H](CO)[C@H](O)[C@H](O)[C@H]1O)OC(=O)CCCCCCCCCCCCCCC. The smallest absolute Gasteiger partial charge is 0.306 e. The molecule has 0 aromatic rings. The van der Waals surface area contributed by atoms with Gasteiger partial charge in [-0.05, 0) is 38.5 Å². The molecule has 312 valence electrons. The van der Waals surface area contributed by atoms with Crippen LogP contribution in [0.25, 0.3) is 0 Å². The third-order valence-electron chi connectivity index (χ3n) is 10.2. The summed E-state index contributed by atoms with van der Waals surface area (Å²) in [5, 5.41) is 40.0. The van der Waals surface area contributed by atoms with Crippen LogP contribution in [0.15, 0.2) is 12.2 Å². The monoisotopic (exact) mass is 757 g/mol. The van der Waals surface area contributed by atoms with Gasteiger partial charge < -0.3 is 39.4 Å². The van der Waals surface area contributed by atoms with E-state index in [0.29, 0.717) is 6.42 Å².